The van der Waals surface area contributed by atoms with Gasteiger partial charge in [0, 0.05) is 30.6 Å². The fourth-order valence-electron chi connectivity index (χ4n) is 4.82. The summed E-state index contributed by atoms with van der Waals surface area (Å²) in [7, 11) is -1.65. The first-order valence-electron chi connectivity index (χ1n) is 8.75. The molecule has 0 aliphatic carbocycles. The lowest BCUT2D eigenvalue weighted by molar-refractivity contribution is -0.189. The molecule has 3 fully saturated rings. The summed E-state index contributed by atoms with van der Waals surface area (Å²) in [6.07, 6.45) is 2.60. The second-order valence-corrected chi connectivity index (χ2v) is 11.0. The van der Waals surface area contributed by atoms with E-state index in [0.717, 1.165) is 17.7 Å². The summed E-state index contributed by atoms with van der Waals surface area (Å²) in [4.78, 5) is 14.8. The van der Waals surface area contributed by atoms with Gasteiger partial charge in [0.1, 0.15) is 10.3 Å². The first kappa shape index (κ1) is 17.5. The van der Waals surface area contributed by atoms with E-state index in [2.05, 4.69) is 0 Å². The molecule has 0 saturated carbocycles. The van der Waals surface area contributed by atoms with Crippen molar-refractivity contribution in [1.29, 1.82) is 0 Å². The van der Waals surface area contributed by atoms with Gasteiger partial charge in [0.2, 0.25) is 0 Å². The maximum atomic E-state index is 13.1. The average molecular weight is 385 g/mol. The predicted octanol–water partition coefficient (Wildman–Crippen LogP) is 1.99. The number of hydrogen-bond acceptors (Lipinski definition) is 5. The van der Waals surface area contributed by atoms with Crippen LogP contribution in [0.2, 0.25) is 0 Å². The number of ether oxygens (including phenoxy) is 1. The van der Waals surface area contributed by atoms with Gasteiger partial charge in [-0.2, -0.15) is 4.31 Å². The van der Waals surface area contributed by atoms with Gasteiger partial charge in [0.25, 0.3) is 15.9 Å². The molecule has 3 aliphatic rings. The van der Waals surface area contributed by atoms with Gasteiger partial charge in [0.15, 0.2) is 0 Å². The fourth-order valence-corrected chi connectivity index (χ4v) is 8.08. The molecule has 2 bridgehead atoms. The third-order valence-corrected chi connectivity index (χ3v) is 9.16. The maximum absolute atomic E-state index is 13.1. The number of rotatable bonds is 2. The summed E-state index contributed by atoms with van der Waals surface area (Å²) in [5.41, 5.74) is -0.411. The van der Waals surface area contributed by atoms with E-state index in [1.54, 1.807) is 22.2 Å². The number of fused-ring (bicyclic) bond motifs is 2. The molecule has 1 amide bonds. The molecule has 4 rings (SSSR count). The molecule has 1 aromatic heterocycles. The second kappa shape index (κ2) is 5.77. The summed E-state index contributed by atoms with van der Waals surface area (Å²) in [5.74, 6) is 0.00193. The van der Waals surface area contributed by atoms with Crippen LogP contribution < -0.4 is 0 Å². The zero-order valence-electron chi connectivity index (χ0n) is 14.8. The van der Waals surface area contributed by atoms with Crippen molar-refractivity contribution in [3.8, 4) is 0 Å². The van der Waals surface area contributed by atoms with E-state index in [0.29, 0.717) is 23.6 Å². The molecule has 1 aromatic rings. The number of carbonyl (C=O) groups excluding carboxylic acids is 1. The van der Waals surface area contributed by atoms with Crippen LogP contribution in [0.1, 0.15) is 37.5 Å². The van der Waals surface area contributed by atoms with Gasteiger partial charge in [-0.15, -0.1) is 11.3 Å². The first-order valence-corrected chi connectivity index (χ1v) is 11.0. The third-order valence-electron chi connectivity index (χ3n) is 5.69. The standard InChI is InChI=1S/C17H24N2O4S2/c1-11-4-7-15(24-11)25(21,22)19-13-5-6-14(19)9-17(8-13)10-18(3)16(20)12(2)23-17/h4,7,12-14H,5-6,8-10H2,1-3H3. The first-order chi connectivity index (χ1) is 11.7. The lowest BCUT2D eigenvalue weighted by atomic mass is 9.85. The lowest BCUT2D eigenvalue weighted by Gasteiger charge is -2.50. The van der Waals surface area contributed by atoms with Crippen molar-refractivity contribution in [2.24, 2.45) is 0 Å². The number of sulfonamides is 1. The van der Waals surface area contributed by atoms with E-state index in [1.165, 1.54) is 11.3 Å². The Bertz CT molecular complexity index is 773. The largest absolute Gasteiger partial charge is 0.360 e. The summed E-state index contributed by atoms with van der Waals surface area (Å²) in [6, 6.07) is 3.49. The minimum atomic E-state index is -3.45. The van der Waals surface area contributed by atoms with E-state index in [9.17, 15) is 13.2 Å². The summed E-state index contributed by atoms with van der Waals surface area (Å²) in [6.45, 7) is 4.27. The van der Waals surface area contributed by atoms with Crippen molar-refractivity contribution in [2.75, 3.05) is 13.6 Å². The van der Waals surface area contributed by atoms with Crippen molar-refractivity contribution >= 4 is 27.3 Å². The van der Waals surface area contributed by atoms with Crippen LogP contribution in [-0.4, -0.2) is 60.9 Å². The Labute approximate surface area is 152 Å². The molecular formula is C17H24N2O4S2. The number of likely N-dealkylation sites (N-methyl/N-ethyl adjacent to an activating group) is 1. The maximum Gasteiger partial charge on any atom is 0.253 e. The van der Waals surface area contributed by atoms with E-state index >= 15 is 0 Å². The van der Waals surface area contributed by atoms with Gasteiger partial charge in [0.05, 0.1) is 5.60 Å². The number of amides is 1. The quantitative estimate of drug-likeness (QED) is 0.782. The van der Waals surface area contributed by atoms with Crippen molar-refractivity contribution < 1.29 is 17.9 Å². The highest BCUT2D eigenvalue weighted by atomic mass is 32.2. The zero-order chi connectivity index (χ0) is 18.0. The van der Waals surface area contributed by atoms with Crippen LogP contribution in [0.4, 0.5) is 0 Å². The molecule has 0 N–H and O–H groups in total. The molecule has 3 atom stereocenters. The van der Waals surface area contributed by atoms with Crippen LogP contribution in [0.3, 0.4) is 0 Å². The minimum absolute atomic E-state index is 0.00193. The van der Waals surface area contributed by atoms with Crippen LogP contribution >= 0.6 is 11.3 Å². The second-order valence-electron chi connectivity index (χ2n) is 7.63. The molecule has 3 aliphatic heterocycles. The Morgan fingerprint density at radius 3 is 2.40 bits per heavy atom. The molecule has 4 heterocycles. The number of hydrogen-bond donors (Lipinski definition) is 0. The van der Waals surface area contributed by atoms with Crippen LogP contribution in [0.5, 0.6) is 0 Å². The molecule has 25 heavy (non-hydrogen) atoms. The number of carbonyl (C=O) groups is 1. The number of aryl methyl sites for hydroxylation is 1. The molecule has 6 nitrogen and oxygen atoms in total. The molecular weight excluding hydrogens is 360 g/mol. The molecule has 1 spiro atoms. The highest BCUT2D eigenvalue weighted by Gasteiger charge is 2.56. The van der Waals surface area contributed by atoms with E-state index in [-0.39, 0.29) is 18.0 Å². The van der Waals surface area contributed by atoms with Crippen molar-refractivity contribution in [3.05, 3.63) is 17.0 Å². The molecule has 8 heteroatoms. The van der Waals surface area contributed by atoms with Gasteiger partial charge in [-0.05, 0) is 51.7 Å². The molecule has 3 unspecified atom stereocenters. The molecule has 0 radical (unpaired) electrons. The molecule has 3 saturated heterocycles. The predicted molar refractivity (Wildman–Crippen MR) is 95.0 cm³/mol. The third kappa shape index (κ3) is 2.74. The SMILES string of the molecule is Cc1ccc(S(=O)(=O)N2C3CCC2CC2(C3)CN(C)C(=O)C(C)O2)s1. The Morgan fingerprint density at radius 2 is 1.88 bits per heavy atom. The molecule has 0 aromatic carbocycles. The van der Waals surface area contributed by atoms with Crippen LogP contribution in [0, 0.1) is 6.92 Å². The number of morpholine rings is 1. The summed E-state index contributed by atoms with van der Waals surface area (Å²) < 4.78 is 34.6. The van der Waals surface area contributed by atoms with E-state index in [1.807, 2.05) is 20.0 Å². The normalized spacial score (nSPS) is 36.4. The molecule has 138 valence electrons. The van der Waals surface area contributed by atoms with Gasteiger partial charge >= 0.3 is 0 Å². The van der Waals surface area contributed by atoms with Crippen molar-refractivity contribution in [2.45, 2.75) is 67.5 Å². The monoisotopic (exact) mass is 384 g/mol. The van der Waals surface area contributed by atoms with Crippen LogP contribution in [0.15, 0.2) is 16.3 Å². The smallest absolute Gasteiger partial charge is 0.253 e. The van der Waals surface area contributed by atoms with Gasteiger partial charge < -0.3 is 9.64 Å². The van der Waals surface area contributed by atoms with Crippen molar-refractivity contribution in [1.82, 2.24) is 9.21 Å². The van der Waals surface area contributed by atoms with E-state index in [4.69, 9.17) is 4.74 Å². The highest BCUT2D eigenvalue weighted by molar-refractivity contribution is 7.91. The Hall–Kier alpha value is -0.960. The van der Waals surface area contributed by atoms with Crippen molar-refractivity contribution in [3.63, 3.8) is 0 Å². The van der Waals surface area contributed by atoms with Crippen LogP contribution in [0.25, 0.3) is 0 Å². The average Bonchev–Trinajstić information content (AvgIpc) is 3.08. The Balaban J connectivity index is 1.62. The zero-order valence-corrected chi connectivity index (χ0v) is 16.4. The lowest BCUT2D eigenvalue weighted by Crippen LogP contribution is -2.63. The topological polar surface area (TPSA) is 66.9 Å². The highest BCUT2D eigenvalue weighted by Crippen LogP contribution is 2.47. The van der Waals surface area contributed by atoms with Gasteiger partial charge in [-0.3, -0.25) is 4.79 Å². The number of thiophene rings is 1. The number of nitrogens with zero attached hydrogens (tertiary/aromatic N) is 2. The fraction of sp³-hybridized carbons (Fsp3) is 0.706. The minimum Gasteiger partial charge on any atom is -0.360 e. The van der Waals surface area contributed by atoms with E-state index < -0.39 is 21.7 Å². The van der Waals surface area contributed by atoms with Gasteiger partial charge in [-0.1, -0.05) is 0 Å². The summed E-state index contributed by atoms with van der Waals surface area (Å²) >= 11 is 1.33. The summed E-state index contributed by atoms with van der Waals surface area (Å²) in [5, 5.41) is 0. The Kier molecular flexibility index (Phi) is 4.03. The Morgan fingerprint density at radius 1 is 1.24 bits per heavy atom. The number of piperidine rings is 1. The van der Waals surface area contributed by atoms with Crippen LogP contribution in [-0.2, 0) is 19.6 Å². The van der Waals surface area contributed by atoms with Gasteiger partial charge in [-0.25, -0.2) is 8.42 Å².